The van der Waals surface area contributed by atoms with Crippen molar-refractivity contribution >= 4 is 0 Å². The number of hydrogen-bond acceptors (Lipinski definition) is 2. The van der Waals surface area contributed by atoms with Gasteiger partial charge >= 0.3 is 0 Å². The molecule has 1 aromatic rings. The molecule has 0 aliphatic carbocycles. The molecule has 0 amide bonds. The minimum absolute atomic E-state index is 0.147. The second kappa shape index (κ2) is 4.24. The molecule has 0 bridgehead atoms. The monoisotopic (exact) mass is 164 g/mol. The summed E-state index contributed by atoms with van der Waals surface area (Å²) in [5.74, 6) is 0. The van der Waals surface area contributed by atoms with Crippen LogP contribution in [0, 0.1) is 6.07 Å². The summed E-state index contributed by atoms with van der Waals surface area (Å²) in [5, 5.41) is 0. The van der Waals surface area contributed by atoms with Crippen LogP contribution >= 0.6 is 0 Å². The fraction of sp³-hybridized carbons (Fsp3) is 0.400. The molecule has 0 aliphatic rings. The van der Waals surface area contributed by atoms with Gasteiger partial charge in [-0.15, -0.1) is 0 Å². The van der Waals surface area contributed by atoms with E-state index in [0.29, 0.717) is 0 Å². The van der Waals surface area contributed by atoms with E-state index in [9.17, 15) is 0 Å². The van der Waals surface area contributed by atoms with Crippen LogP contribution in [0.2, 0.25) is 0 Å². The fourth-order valence-corrected chi connectivity index (χ4v) is 0.951. The minimum atomic E-state index is -0.355. The van der Waals surface area contributed by atoms with Gasteiger partial charge in [0.05, 0.1) is 6.10 Å². The van der Waals surface area contributed by atoms with Crippen molar-refractivity contribution in [2.45, 2.75) is 26.2 Å². The van der Waals surface area contributed by atoms with Crippen LogP contribution in [-0.2, 0) is 4.74 Å². The molecule has 0 saturated heterocycles. The first-order valence-electron chi connectivity index (χ1n) is 4.08. The molecule has 2 heteroatoms. The predicted octanol–water partition coefficient (Wildman–Crippen LogP) is 1.87. The molecule has 0 aromatic heterocycles. The van der Waals surface area contributed by atoms with Gasteiger partial charge in [-0.2, -0.15) is 0 Å². The van der Waals surface area contributed by atoms with Gasteiger partial charge in [-0.05, 0) is 19.9 Å². The van der Waals surface area contributed by atoms with Crippen LogP contribution in [0.25, 0.3) is 0 Å². The highest BCUT2D eigenvalue weighted by Crippen LogP contribution is 2.11. The Bertz CT molecular complexity index is 221. The van der Waals surface area contributed by atoms with Crippen molar-refractivity contribution < 1.29 is 4.74 Å². The van der Waals surface area contributed by atoms with Crippen LogP contribution in [0.4, 0.5) is 0 Å². The normalized spacial score (nSPS) is 13.3. The molecule has 1 rings (SSSR count). The zero-order chi connectivity index (χ0) is 8.97. The number of rotatable bonds is 3. The summed E-state index contributed by atoms with van der Waals surface area (Å²) in [6.45, 7) is 3.92. The Labute approximate surface area is 73.3 Å². The van der Waals surface area contributed by atoms with Crippen LogP contribution < -0.4 is 5.73 Å². The molecule has 2 N–H and O–H groups in total. The Hall–Kier alpha value is -0.860. The number of benzene rings is 1. The average Bonchev–Trinajstić information content (AvgIpc) is 2.05. The van der Waals surface area contributed by atoms with Gasteiger partial charge in [0, 0.05) is 5.56 Å². The molecule has 65 valence electrons. The molecule has 0 heterocycles. The summed E-state index contributed by atoms with van der Waals surface area (Å²) in [4.78, 5) is 0. The quantitative estimate of drug-likeness (QED) is 0.692. The first kappa shape index (κ1) is 9.23. The number of hydrogen-bond donors (Lipinski definition) is 1. The van der Waals surface area contributed by atoms with Gasteiger partial charge < -0.3 is 10.5 Å². The van der Waals surface area contributed by atoms with E-state index < -0.39 is 0 Å². The third kappa shape index (κ3) is 2.64. The number of nitrogens with two attached hydrogens (primary N) is 1. The lowest BCUT2D eigenvalue weighted by Gasteiger charge is -2.15. The molecule has 2 nitrogen and oxygen atoms in total. The smallest absolute Gasteiger partial charge is 0.132 e. The van der Waals surface area contributed by atoms with Gasteiger partial charge in [0.1, 0.15) is 6.23 Å². The third-order valence-corrected chi connectivity index (χ3v) is 1.46. The van der Waals surface area contributed by atoms with Gasteiger partial charge in [-0.3, -0.25) is 0 Å². The molecule has 0 spiro atoms. The lowest BCUT2D eigenvalue weighted by molar-refractivity contribution is 0.0103. The molecule has 0 fully saturated rings. The third-order valence-electron chi connectivity index (χ3n) is 1.46. The SMILES string of the molecule is CC(C)OC(N)c1[c]cccc1. The topological polar surface area (TPSA) is 35.2 Å². The van der Waals surface area contributed by atoms with Crippen molar-refractivity contribution in [1.82, 2.24) is 0 Å². The van der Waals surface area contributed by atoms with Gasteiger partial charge in [0.25, 0.3) is 0 Å². The highest BCUT2D eigenvalue weighted by Gasteiger charge is 2.06. The van der Waals surface area contributed by atoms with Crippen molar-refractivity contribution in [2.75, 3.05) is 0 Å². The lowest BCUT2D eigenvalue weighted by Crippen LogP contribution is -2.18. The van der Waals surface area contributed by atoms with E-state index in [1.54, 1.807) is 0 Å². The van der Waals surface area contributed by atoms with Crippen molar-refractivity contribution in [2.24, 2.45) is 5.73 Å². The lowest BCUT2D eigenvalue weighted by atomic mass is 10.2. The Morgan fingerprint density at radius 3 is 2.67 bits per heavy atom. The Morgan fingerprint density at radius 1 is 1.42 bits per heavy atom. The zero-order valence-electron chi connectivity index (χ0n) is 7.45. The Morgan fingerprint density at radius 2 is 2.17 bits per heavy atom. The van der Waals surface area contributed by atoms with E-state index in [-0.39, 0.29) is 12.3 Å². The summed E-state index contributed by atoms with van der Waals surface area (Å²) in [6.07, 6.45) is -0.209. The van der Waals surface area contributed by atoms with E-state index in [4.69, 9.17) is 10.5 Å². The largest absolute Gasteiger partial charge is 0.357 e. The van der Waals surface area contributed by atoms with Crippen LogP contribution in [0.15, 0.2) is 24.3 Å². The predicted molar refractivity (Wildman–Crippen MR) is 48.4 cm³/mol. The molecule has 0 saturated carbocycles. The Kier molecular flexibility index (Phi) is 3.26. The summed E-state index contributed by atoms with van der Waals surface area (Å²) in [7, 11) is 0. The highest BCUT2D eigenvalue weighted by molar-refractivity contribution is 5.14. The molecule has 1 atom stereocenters. The standard InChI is InChI=1S/C10H14NO/c1-8(2)12-10(11)9-6-4-3-5-7-9/h3-6,8,10H,11H2,1-2H3. The van der Waals surface area contributed by atoms with Crippen molar-refractivity contribution in [3.63, 3.8) is 0 Å². The maximum Gasteiger partial charge on any atom is 0.132 e. The fourth-order valence-electron chi connectivity index (χ4n) is 0.951. The maximum absolute atomic E-state index is 5.74. The molecule has 1 unspecified atom stereocenters. The molecule has 1 aromatic carbocycles. The highest BCUT2D eigenvalue weighted by atomic mass is 16.5. The molecular formula is C10H14NO. The first-order valence-corrected chi connectivity index (χ1v) is 4.08. The molecule has 0 aliphatic heterocycles. The Balaban J connectivity index is 2.59. The molecule has 12 heavy (non-hydrogen) atoms. The van der Waals surface area contributed by atoms with E-state index in [0.717, 1.165) is 5.56 Å². The summed E-state index contributed by atoms with van der Waals surface area (Å²) in [5.41, 5.74) is 6.64. The van der Waals surface area contributed by atoms with Gasteiger partial charge in [-0.1, -0.05) is 24.3 Å². The summed E-state index contributed by atoms with van der Waals surface area (Å²) in [6, 6.07) is 10.6. The van der Waals surface area contributed by atoms with Crippen molar-refractivity contribution in [3.05, 3.63) is 35.9 Å². The second-order valence-corrected chi connectivity index (χ2v) is 2.92. The van der Waals surface area contributed by atoms with E-state index in [1.165, 1.54) is 0 Å². The number of ether oxygens (including phenoxy) is 1. The zero-order valence-corrected chi connectivity index (χ0v) is 7.45. The van der Waals surface area contributed by atoms with Crippen LogP contribution in [0.5, 0.6) is 0 Å². The summed E-state index contributed by atoms with van der Waals surface area (Å²) >= 11 is 0. The van der Waals surface area contributed by atoms with Crippen molar-refractivity contribution in [1.29, 1.82) is 0 Å². The average molecular weight is 164 g/mol. The molecule has 1 radical (unpaired) electrons. The van der Waals surface area contributed by atoms with Crippen LogP contribution in [0.1, 0.15) is 25.6 Å². The van der Waals surface area contributed by atoms with Gasteiger partial charge in [0.15, 0.2) is 0 Å². The van der Waals surface area contributed by atoms with E-state index in [1.807, 2.05) is 38.1 Å². The second-order valence-electron chi connectivity index (χ2n) is 2.92. The molecular weight excluding hydrogens is 150 g/mol. The van der Waals surface area contributed by atoms with E-state index >= 15 is 0 Å². The van der Waals surface area contributed by atoms with Crippen molar-refractivity contribution in [3.8, 4) is 0 Å². The maximum atomic E-state index is 5.74. The van der Waals surface area contributed by atoms with Crippen LogP contribution in [-0.4, -0.2) is 6.10 Å². The summed E-state index contributed by atoms with van der Waals surface area (Å²) < 4.78 is 5.38. The van der Waals surface area contributed by atoms with Crippen LogP contribution in [0.3, 0.4) is 0 Å². The van der Waals surface area contributed by atoms with E-state index in [2.05, 4.69) is 6.07 Å². The van der Waals surface area contributed by atoms with Gasteiger partial charge in [0.2, 0.25) is 0 Å². The van der Waals surface area contributed by atoms with Gasteiger partial charge in [-0.25, -0.2) is 0 Å². The first-order chi connectivity index (χ1) is 5.70. The minimum Gasteiger partial charge on any atom is -0.357 e.